The van der Waals surface area contributed by atoms with Gasteiger partial charge in [0.2, 0.25) is 0 Å². The molecule has 0 aliphatic rings. The first kappa shape index (κ1) is 9.14. The van der Waals surface area contributed by atoms with Crippen LogP contribution >= 0.6 is 0 Å². The molecule has 0 fully saturated rings. The molecule has 0 radical (unpaired) electrons. The Bertz CT molecular complexity index is 339. The molecule has 0 amide bonds. The van der Waals surface area contributed by atoms with Crippen LogP contribution in [0.2, 0.25) is 0 Å². The normalized spacial score (nSPS) is 9.77. The van der Waals surface area contributed by atoms with Gasteiger partial charge < -0.3 is 9.94 Å². The van der Waals surface area contributed by atoms with Gasteiger partial charge in [0, 0.05) is 5.56 Å². The molecule has 0 saturated heterocycles. The van der Waals surface area contributed by atoms with Crippen LogP contribution in [0.25, 0.3) is 0 Å². The van der Waals surface area contributed by atoms with Crippen molar-refractivity contribution in [3.05, 3.63) is 29.8 Å². The first-order valence-corrected chi connectivity index (χ1v) is 3.71. The number of terminal acetylenes is 1. The summed E-state index contributed by atoms with van der Waals surface area (Å²) >= 11 is 0. The predicted octanol–water partition coefficient (Wildman–Crippen LogP) is 1.51. The van der Waals surface area contributed by atoms with E-state index in [-0.39, 0.29) is 6.61 Å². The van der Waals surface area contributed by atoms with Crippen LogP contribution in [0.4, 0.5) is 0 Å². The maximum absolute atomic E-state index is 8.34. The van der Waals surface area contributed by atoms with Gasteiger partial charge in [-0.15, -0.1) is 6.42 Å². The number of hydrogen-bond donors (Lipinski definition) is 1. The second kappa shape index (κ2) is 4.83. The molecule has 1 aromatic rings. The summed E-state index contributed by atoms with van der Waals surface area (Å²) in [5.74, 6) is 2.97. The lowest BCUT2D eigenvalue weighted by Crippen LogP contribution is -1.96. The zero-order valence-corrected chi connectivity index (χ0v) is 6.97. The van der Waals surface area contributed by atoms with Gasteiger partial charge in [0.25, 0.3) is 0 Å². The molecule has 0 spiro atoms. The maximum atomic E-state index is 8.34. The summed E-state index contributed by atoms with van der Waals surface area (Å²) in [6.07, 6.45) is 6.34. The van der Waals surface area contributed by atoms with Crippen LogP contribution in [0.5, 0.6) is 5.75 Å². The van der Waals surface area contributed by atoms with Crippen molar-refractivity contribution in [2.24, 2.45) is 5.16 Å². The number of ether oxygens (including phenoxy) is 1. The first-order valence-electron chi connectivity index (χ1n) is 3.71. The molecule has 0 saturated carbocycles. The van der Waals surface area contributed by atoms with E-state index >= 15 is 0 Å². The molecule has 13 heavy (non-hydrogen) atoms. The number of oxime groups is 1. The van der Waals surface area contributed by atoms with Crippen LogP contribution in [0, 0.1) is 12.3 Å². The number of rotatable bonds is 3. The van der Waals surface area contributed by atoms with Crippen molar-refractivity contribution >= 4 is 6.21 Å². The molecule has 0 bridgehead atoms. The third kappa shape index (κ3) is 2.53. The smallest absolute Gasteiger partial charge is 0.148 e. The van der Waals surface area contributed by atoms with Crippen molar-refractivity contribution in [3.8, 4) is 18.1 Å². The minimum absolute atomic E-state index is 0.205. The second-order valence-corrected chi connectivity index (χ2v) is 2.28. The second-order valence-electron chi connectivity index (χ2n) is 2.28. The minimum atomic E-state index is 0.205. The number of nitrogens with zero attached hydrogens (tertiary/aromatic N) is 1. The highest BCUT2D eigenvalue weighted by atomic mass is 16.5. The average Bonchev–Trinajstić information content (AvgIpc) is 2.17. The number of hydrogen-bond acceptors (Lipinski definition) is 3. The monoisotopic (exact) mass is 175 g/mol. The SMILES string of the molecule is C#CCOc1ccccc1C=NO. The lowest BCUT2D eigenvalue weighted by atomic mass is 10.2. The standard InChI is InChI=1S/C10H9NO2/c1-2-7-13-10-6-4-3-5-9(10)8-11-12/h1,3-6,8,12H,7H2. The van der Waals surface area contributed by atoms with Crippen molar-refractivity contribution in [3.63, 3.8) is 0 Å². The Morgan fingerprint density at radius 1 is 1.54 bits per heavy atom. The zero-order chi connectivity index (χ0) is 9.52. The van der Waals surface area contributed by atoms with Crippen molar-refractivity contribution < 1.29 is 9.94 Å². The molecule has 0 aliphatic heterocycles. The van der Waals surface area contributed by atoms with Gasteiger partial charge in [-0.25, -0.2) is 0 Å². The Morgan fingerprint density at radius 2 is 2.31 bits per heavy atom. The summed E-state index contributed by atoms with van der Waals surface area (Å²) in [5, 5.41) is 11.3. The zero-order valence-electron chi connectivity index (χ0n) is 6.97. The van der Waals surface area contributed by atoms with Crippen LogP contribution < -0.4 is 4.74 Å². The van der Waals surface area contributed by atoms with Gasteiger partial charge in [-0.3, -0.25) is 0 Å². The molecule has 0 heterocycles. The van der Waals surface area contributed by atoms with Gasteiger partial charge >= 0.3 is 0 Å². The fourth-order valence-electron chi connectivity index (χ4n) is 0.900. The van der Waals surface area contributed by atoms with E-state index in [1.54, 1.807) is 12.1 Å². The molecule has 3 nitrogen and oxygen atoms in total. The van der Waals surface area contributed by atoms with Gasteiger partial charge in [0.1, 0.15) is 12.4 Å². The molecule has 1 aromatic carbocycles. The van der Waals surface area contributed by atoms with Crippen molar-refractivity contribution in [1.29, 1.82) is 0 Å². The molecular weight excluding hydrogens is 166 g/mol. The van der Waals surface area contributed by atoms with Crippen LogP contribution in [-0.4, -0.2) is 18.0 Å². The third-order valence-electron chi connectivity index (χ3n) is 1.43. The molecular formula is C10H9NO2. The summed E-state index contributed by atoms with van der Waals surface area (Å²) in [4.78, 5) is 0. The molecule has 0 atom stereocenters. The summed E-state index contributed by atoms with van der Waals surface area (Å²) in [6, 6.07) is 7.17. The van der Waals surface area contributed by atoms with Crippen LogP contribution in [0.3, 0.4) is 0 Å². The van der Waals surface area contributed by atoms with Gasteiger partial charge in [-0.2, -0.15) is 0 Å². The largest absolute Gasteiger partial charge is 0.480 e. The molecule has 1 rings (SSSR count). The lowest BCUT2D eigenvalue weighted by molar-refractivity contribution is 0.321. The molecule has 66 valence electrons. The molecule has 3 heteroatoms. The summed E-state index contributed by atoms with van der Waals surface area (Å²) in [6.45, 7) is 0.205. The Hall–Kier alpha value is -1.95. The number of benzene rings is 1. The van der Waals surface area contributed by atoms with E-state index in [9.17, 15) is 0 Å². The van der Waals surface area contributed by atoms with Crippen molar-refractivity contribution in [2.75, 3.05) is 6.61 Å². The van der Waals surface area contributed by atoms with Crippen LogP contribution in [0.1, 0.15) is 5.56 Å². The van der Waals surface area contributed by atoms with E-state index in [4.69, 9.17) is 16.4 Å². The van der Waals surface area contributed by atoms with E-state index < -0.39 is 0 Å². The highest BCUT2D eigenvalue weighted by Crippen LogP contribution is 2.15. The third-order valence-corrected chi connectivity index (χ3v) is 1.43. The summed E-state index contributed by atoms with van der Waals surface area (Å²) in [5.41, 5.74) is 0.695. The van der Waals surface area contributed by atoms with Gasteiger partial charge in [-0.05, 0) is 12.1 Å². The highest BCUT2D eigenvalue weighted by Gasteiger charge is 1.98. The van der Waals surface area contributed by atoms with E-state index in [1.807, 2.05) is 12.1 Å². The fraction of sp³-hybridized carbons (Fsp3) is 0.100. The Labute approximate surface area is 76.6 Å². The molecule has 1 N–H and O–H groups in total. The van der Waals surface area contributed by atoms with Crippen LogP contribution in [0.15, 0.2) is 29.4 Å². The van der Waals surface area contributed by atoms with Crippen molar-refractivity contribution in [2.45, 2.75) is 0 Å². The minimum Gasteiger partial charge on any atom is -0.480 e. The van der Waals surface area contributed by atoms with Crippen molar-refractivity contribution in [1.82, 2.24) is 0 Å². The van der Waals surface area contributed by atoms with Crippen LogP contribution in [-0.2, 0) is 0 Å². The quantitative estimate of drug-likeness (QED) is 0.327. The Morgan fingerprint density at radius 3 is 3.00 bits per heavy atom. The summed E-state index contributed by atoms with van der Waals surface area (Å²) < 4.78 is 5.20. The van der Waals surface area contributed by atoms with E-state index in [0.717, 1.165) is 0 Å². The average molecular weight is 175 g/mol. The summed E-state index contributed by atoms with van der Waals surface area (Å²) in [7, 11) is 0. The molecule has 0 aliphatic carbocycles. The Balaban J connectivity index is 2.85. The molecule has 0 aromatic heterocycles. The van der Waals surface area contributed by atoms with Gasteiger partial charge in [0.05, 0.1) is 6.21 Å². The van der Waals surface area contributed by atoms with E-state index in [2.05, 4.69) is 11.1 Å². The predicted molar refractivity (Wildman–Crippen MR) is 50.2 cm³/mol. The molecule has 0 unspecified atom stereocenters. The highest BCUT2D eigenvalue weighted by molar-refractivity contribution is 5.82. The Kier molecular flexibility index (Phi) is 3.40. The first-order chi connectivity index (χ1) is 6.38. The maximum Gasteiger partial charge on any atom is 0.148 e. The fourth-order valence-corrected chi connectivity index (χ4v) is 0.900. The van der Waals surface area contributed by atoms with E-state index in [0.29, 0.717) is 11.3 Å². The lowest BCUT2D eigenvalue weighted by Gasteiger charge is -2.04. The van der Waals surface area contributed by atoms with Gasteiger partial charge in [0.15, 0.2) is 0 Å². The van der Waals surface area contributed by atoms with E-state index in [1.165, 1.54) is 6.21 Å². The van der Waals surface area contributed by atoms with Gasteiger partial charge in [-0.1, -0.05) is 23.2 Å². The number of para-hydroxylation sites is 1. The topological polar surface area (TPSA) is 41.8 Å².